The van der Waals surface area contributed by atoms with Crippen molar-refractivity contribution in [2.24, 2.45) is 11.3 Å². The molecule has 0 aromatic carbocycles. The van der Waals surface area contributed by atoms with Crippen molar-refractivity contribution < 1.29 is 5.11 Å². The average molecular weight is 380 g/mol. The zero-order chi connectivity index (χ0) is 13.9. The minimum atomic E-state index is -0.371. The van der Waals surface area contributed by atoms with Crippen molar-refractivity contribution in [1.82, 2.24) is 0 Å². The van der Waals surface area contributed by atoms with E-state index in [1.54, 1.807) is 0 Å². The lowest BCUT2D eigenvalue weighted by Crippen LogP contribution is -2.38. The van der Waals surface area contributed by atoms with Crippen LogP contribution in [-0.4, -0.2) is 21.4 Å². The smallest absolute Gasteiger partial charge is 0.0844 e. The third kappa shape index (κ3) is 3.71. The van der Waals surface area contributed by atoms with Gasteiger partial charge in [0.05, 0.1) is 6.10 Å². The summed E-state index contributed by atoms with van der Waals surface area (Å²) in [4.78, 5) is 0.551. The van der Waals surface area contributed by atoms with Crippen LogP contribution in [0.1, 0.15) is 40.0 Å². The Kier molecular flexibility index (Phi) is 6.14. The highest BCUT2D eigenvalue weighted by Gasteiger charge is 2.40. The molecule has 0 heterocycles. The SMILES string of the molecule is C=C1CC[C@H](Br)C(C)(C)[C@@H]1C/C=C(\C)[C@@H](O)CBr. The van der Waals surface area contributed by atoms with Gasteiger partial charge >= 0.3 is 0 Å². The summed E-state index contributed by atoms with van der Waals surface area (Å²) in [5.74, 6) is 0.494. The Morgan fingerprint density at radius 1 is 1.61 bits per heavy atom. The topological polar surface area (TPSA) is 20.2 Å². The average Bonchev–Trinajstić information content (AvgIpc) is 2.32. The molecule has 0 unspecified atom stereocenters. The van der Waals surface area contributed by atoms with E-state index < -0.39 is 0 Å². The summed E-state index contributed by atoms with van der Waals surface area (Å²) in [7, 11) is 0. The van der Waals surface area contributed by atoms with E-state index in [-0.39, 0.29) is 11.5 Å². The predicted molar refractivity (Wildman–Crippen MR) is 86.5 cm³/mol. The van der Waals surface area contributed by atoms with Crippen molar-refractivity contribution in [2.45, 2.75) is 51.0 Å². The van der Waals surface area contributed by atoms with Gasteiger partial charge in [0, 0.05) is 10.2 Å². The first kappa shape index (κ1) is 16.5. The molecular formula is C15H24Br2O. The van der Waals surface area contributed by atoms with Gasteiger partial charge < -0.3 is 5.11 Å². The Morgan fingerprint density at radius 2 is 2.22 bits per heavy atom. The number of allylic oxidation sites excluding steroid dienone is 2. The largest absolute Gasteiger partial charge is 0.388 e. The molecule has 0 aliphatic heterocycles. The van der Waals surface area contributed by atoms with E-state index in [4.69, 9.17) is 0 Å². The maximum atomic E-state index is 9.76. The van der Waals surface area contributed by atoms with Crippen molar-refractivity contribution >= 4 is 31.9 Å². The highest BCUT2D eigenvalue weighted by atomic mass is 79.9. The van der Waals surface area contributed by atoms with Crippen molar-refractivity contribution in [3.05, 3.63) is 23.8 Å². The Balaban J connectivity index is 2.78. The highest BCUT2D eigenvalue weighted by Crippen LogP contribution is 2.48. The Hall–Kier alpha value is 0.400. The minimum Gasteiger partial charge on any atom is -0.388 e. The van der Waals surface area contributed by atoms with Crippen LogP contribution in [0.25, 0.3) is 0 Å². The van der Waals surface area contributed by atoms with Gasteiger partial charge in [-0.2, -0.15) is 0 Å². The van der Waals surface area contributed by atoms with Gasteiger partial charge in [-0.15, -0.1) is 0 Å². The standard InChI is InChI=1S/C15H24Br2O/c1-10-6-8-14(17)15(3,4)12(10)7-5-11(2)13(18)9-16/h5,12-14,18H,1,6-9H2,2-4H3/b11-5+/t12-,13+,14+/m1/s1. The fourth-order valence-corrected chi connectivity index (χ4v) is 3.69. The van der Waals surface area contributed by atoms with Gasteiger partial charge in [-0.05, 0) is 43.1 Å². The monoisotopic (exact) mass is 378 g/mol. The lowest BCUT2D eigenvalue weighted by molar-refractivity contribution is 0.203. The van der Waals surface area contributed by atoms with Gasteiger partial charge in [0.15, 0.2) is 0 Å². The van der Waals surface area contributed by atoms with E-state index in [2.05, 4.69) is 58.4 Å². The van der Waals surface area contributed by atoms with Gasteiger partial charge in [0.25, 0.3) is 0 Å². The first-order chi connectivity index (χ1) is 8.30. The van der Waals surface area contributed by atoms with E-state index >= 15 is 0 Å². The molecule has 1 aliphatic carbocycles. The second kappa shape index (κ2) is 6.71. The molecule has 0 radical (unpaired) electrons. The van der Waals surface area contributed by atoms with E-state index in [1.807, 2.05) is 6.92 Å². The first-order valence-electron chi connectivity index (χ1n) is 6.53. The quantitative estimate of drug-likeness (QED) is 0.547. The number of halogens is 2. The third-order valence-electron chi connectivity index (χ3n) is 4.26. The molecule has 18 heavy (non-hydrogen) atoms. The van der Waals surface area contributed by atoms with Crippen LogP contribution in [-0.2, 0) is 0 Å². The van der Waals surface area contributed by atoms with Crippen LogP contribution in [0.3, 0.4) is 0 Å². The zero-order valence-electron chi connectivity index (χ0n) is 11.5. The molecule has 0 aromatic rings. The molecular weight excluding hydrogens is 356 g/mol. The maximum Gasteiger partial charge on any atom is 0.0844 e. The van der Waals surface area contributed by atoms with Crippen molar-refractivity contribution in [2.75, 3.05) is 5.33 Å². The van der Waals surface area contributed by atoms with Crippen molar-refractivity contribution in [3.63, 3.8) is 0 Å². The molecule has 1 saturated carbocycles. The Morgan fingerprint density at radius 3 is 2.78 bits per heavy atom. The summed E-state index contributed by atoms with van der Waals surface area (Å²) in [5, 5.41) is 10.4. The number of aliphatic hydroxyl groups is 1. The summed E-state index contributed by atoms with van der Waals surface area (Å²) in [6, 6.07) is 0. The van der Waals surface area contributed by atoms with Crippen molar-refractivity contribution in [3.8, 4) is 0 Å². The normalized spacial score (nSPS) is 30.3. The number of hydrogen-bond donors (Lipinski definition) is 1. The number of rotatable bonds is 4. The molecule has 104 valence electrons. The highest BCUT2D eigenvalue weighted by molar-refractivity contribution is 9.09. The Bertz CT molecular complexity index is 333. The van der Waals surface area contributed by atoms with Gasteiger partial charge in [-0.25, -0.2) is 0 Å². The van der Waals surface area contributed by atoms with Gasteiger partial charge in [-0.3, -0.25) is 0 Å². The van der Waals surface area contributed by atoms with Gasteiger partial charge in [-0.1, -0.05) is 63.9 Å². The molecule has 3 heteroatoms. The second-order valence-electron chi connectivity index (χ2n) is 5.89. The van der Waals surface area contributed by atoms with E-state index in [0.717, 1.165) is 18.4 Å². The van der Waals surface area contributed by atoms with Crippen LogP contribution in [0.5, 0.6) is 0 Å². The molecule has 0 saturated heterocycles. The molecule has 1 fully saturated rings. The van der Waals surface area contributed by atoms with Crippen molar-refractivity contribution in [1.29, 1.82) is 0 Å². The summed E-state index contributed by atoms with van der Waals surface area (Å²) < 4.78 is 0. The van der Waals surface area contributed by atoms with Gasteiger partial charge in [0.2, 0.25) is 0 Å². The van der Waals surface area contributed by atoms with E-state index in [1.165, 1.54) is 12.0 Å². The molecule has 0 amide bonds. The second-order valence-corrected chi connectivity index (χ2v) is 7.65. The fourth-order valence-electron chi connectivity index (χ4n) is 2.63. The molecule has 1 nitrogen and oxygen atoms in total. The van der Waals surface area contributed by atoms with Gasteiger partial charge in [0.1, 0.15) is 0 Å². The van der Waals surface area contributed by atoms with Crippen LogP contribution in [0, 0.1) is 11.3 Å². The molecule has 0 aromatic heterocycles. The van der Waals surface area contributed by atoms with E-state index in [9.17, 15) is 5.11 Å². The van der Waals surface area contributed by atoms with Crippen LogP contribution in [0.2, 0.25) is 0 Å². The Labute approximate surface area is 128 Å². The van der Waals surface area contributed by atoms with Crippen LogP contribution < -0.4 is 0 Å². The molecule has 1 aliphatic rings. The van der Waals surface area contributed by atoms with Crippen LogP contribution in [0.15, 0.2) is 23.8 Å². The predicted octanol–water partition coefficient (Wildman–Crippen LogP) is 4.83. The molecule has 0 bridgehead atoms. The lowest BCUT2D eigenvalue weighted by Gasteiger charge is -2.44. The summed E-state index contributed by atoms with van der Waals surface area (Å²) in [6.07, 6.45) is 5.07. The zero-order valence-corrected chi connectivity index (χ0v) is 14.7. The summed E-state index contributed by atoms with van der Waals surface area (Å²) in [6.45, 7) is 10.9. The molecule has 0 spiro atoms. The van der Waals surface area contributed by atoms with Crippen LogP contribution in [0.4, 0.5) is 0 Å². The fraction of sp³-hybridized carbons (Fsp3) is 0.733. The van der Waals surface area contributed by atoms with Crippen LogP contribution >= 0.6 is 31.9 Å². The number of aliphatic hydroxyl groups excluding tert-OH is 1. The molecule has 3 atom stereocenters. The molecule has 1 rings (SSSR count). The third-order valence-corrected chi connectivity index (χ3v) is 6.52. The summed E-state index contributed by atoms with van der Waals surface area (Å²) in [5.41, 5.74) is 2.63. The molecule has 1 N–H and O–H groups in total. The first-order valence-corrected chi connectivity index (χ1v) is 8.56. The number of hydrogen-bond acceptors (Lipinski definition) is 1. The lowest BCUT2D eigenvalue weighted by atomic mass is 9.65. The minimum absolute atomic E-state index is 0.228. The van der Waals surface area contributed by atoms with E-state index in [0.29, 0.717) is 16.1 Å². The number of alkyl halides is 2. The maximum absolute atomic E-state index is 9.76. The summed E-state index contributed by atoms with van der Waals surface area (Å²) >= 11 is 7.12.